The first kappa shape index (κ1) is 23.0. The number of hydrogen-bond donors (Lipinski definition) is 2. The van der Waals surface area contributed by atoms with Gasteiger partial charge in [-0.15, -0.1) is 0 Å². The molecule has 1 saturated heterocycles. The van der Waals surface area contributed by atoms with Crippen molar-refractivity contribution in [3.63, 3.8) is 0 Å². The van der Waals surface area contributed by atoms with Crippen LogP contribution in [-0.4, -0.2) is 46.6 Å². The van der Waals surface area contributed by atoms with E-state index in [0.717, 1.165) is 23.9 Å². The van der Waals surface area contributed by atoms with Gasteiger partial charge in [0.2, 0.25) is 10.0 Å². The molecule has 0 aliphatic carbocycles. The van der Waals surface area contributed by atoms with Gasteiger partial charge < -0.3 is 9.88 Å². The van der Waals surface area contributed by atoms with E-state index in [2.05, 4.69) is 21.7 Å². The van der Waals surface area contributed by atoms with Crippen molar-refractivity contribution in [2.75, 3.05) is 17.5 Å². The van der Waals surface area contributed by atoms with Gasteiger partial charge in [0, 0.05) is 23.9 Å². The average molecular weight is 472 g/mol. The number of rotatable bonds is 4. The monoisotopic (exact) mass is 471 g/mol. The van der Waals surface area contributed by atoms with Crippen molar-refractivity contribution in [1.29, 1.82) is 0 Å². The molecule has 3 heterocycles. The van der Waals surface area contributed by atoms with Crippen molar-refractivity contribution < 1.29 is 13.2 Å². The Morgan fingerprint density at radius 3 is 2.64 bits per heavy atom. The lowest BCUT2D eigenvalue weighted by Crippen LogP contribution is -2.41. The van der Waals surface area contributed by atoms with Crippen LogP contribution in [0.3, 0.4) is 0 Å². The van der Waals surface area contributed by atoms with E-state index in [9.17, 15) is 18.0 Å². The van der Waals surface area contributed by atoms with E-state index in [-0.39, 0.29) is 23.2 Å². The van der Waals surface area contributed by atoms with Gasteiger partial charge in [-0.05, 0) is 51.7 Å². The van der Waals surface area contributed by atoms with Gasteiger partial charge in [-0.25, -0.2) is 8.42 Å². The Morgan fingerprint density at radius 1 is 1.21 bits per heavy atom. The molecule has 1 amide bonds. The molecule has 2 aromatic heterocycles. The Hall–Kier alpha value is -3.14. The van der Waals surface area contributed by atoms with Crippen LogP contribution in [0.5, 0.6) is 0 Å². The number of hydrogen-bond acceptors (Lipinski definition) is 5. The molecule has 1 aromatic carbocycles. The van der Waals surface area contributed by atoms with Gasteiger partial charge in [0.05, 0.1) is 29.2 Å². The maximum Gasteiger partial charge on any atom is 0.277 e. The predicted octanol–water partition coefficient (Wildman–Crippen LogP) is 2.93. The largest absolute Gasteiger partial charge is 0.343 e. The van der Waals surface area contributed by atoms with Crippen molar-refractivity contribution in [2.24, 2.45) is 5.92 Å². The van der Waals surface area contributed by atoms with E-state index in [4.69, 9.17) is 0 Å². The van der Waals surface area contributed by atoms with Crippen LogP contribution in [0, 0.1) is 26.7 Å². The van der Waals surface area contributed by atoms with Crippen LogP contribution in [0.15, 0.2) is 29.1 Å². The quantitative estimate of drug-likeness (QED) is 0.607. The molecule has 176 valence electrons. The Kier molecular flexibility index (Phi) is 5.81. The van der Waals surface area contributed by atoms with Crippen molar-refractivity contribution in [3.8, 4) is 0 Å². The number of aromatic amines is 1. The minimum atomic E-state index is -3.56. The number of carbonyl (C=O) groups excluding carboxylic acids is 1. The van der Waals surface area contributed by atoms with E-state index >= 15 is 0 Å². The zero-order valence-corrected chi connectivity index (χ0v) is 20.3. The smallest absolute Gasteiger partial charge is 0.277 e. The lowest BCUT2D eigenvalue weighted by Gasteiger charge is -2.38. The summed E-state index contributed by atoms with van der Waals surface area (Å²) in [5, 5.41) is 4.57. The number of amides is 1. The molecule has 33 heavy (non-hydrogen) atoms. The minimum Gasteiger partial charge on any atom is -0.343 e. The number of piperidine rings is 1. The molecule has 0 bridgehead atoms. The number of nitrogens with zero attached hydrogens (tertiary/aromatic N) is 3. The topological polar surface area (TPSA) is 117 Å². The average Bonchev–Trinajstić information content (AvgIpc) is 3.16. The second kappa shape index (κ2) is 8.33. The normalized spacial score (nSPS) is 19.1. The molecule has 0 unspecified atom stereocenters. The summed E-state index contributed by atoms with van der Waals surface area (Å²) in [5.41, 5.74) is 3.81. The van der Waals surface area contributed by atoms with Crippen LogP contribution in [0.25, 0.3) is 5.65 Å². The molecule has 1 aliphatic heterocycles. The van der Waals surface area contributed by atoms with Gasteiger partial charge in [-0.1, -0.05) is 18.6 Å². The second-order valence-corrected chi connectivity index (χ2v) is 10.9. The third kappa shape index (κ3) is 4.52. The molecule has 1 fully saturated rings. The maximum absolute atomic E-state index is 13.7. The first-order valence-electron chi connectivity index (χ1n) is 10.9. The van der Waals surface area contributed by atoms with Gasteiger partial charge in [0.15, 0.2) is 0 Å². The highest BCUT2D eigenvalue weighted by molar-refractivity contribution is 7.92. The van der Waals surface area contributed by atoms with Gasteiger partial charge in [0.25, 0.3) is 11.5 Å². The summed E-state index contributed by atoms with van der Waals surface area (Å²) in [6.07, 6.45) is 2.58. The molecule has 0 radical (unpaired) electrons. The van der Waals surface area contributed by atoms with Crippen LogP contribution in [0.4, 0.5) is 5.69 Å². The van der Waals surface area contributed by atoms with Crippen molar-refractivity contribution in [1.82, 2.24) is 19.5 Å². The number of anilines is 1. The van der Waals surface area contributed by atoms with E-state index < -0.39 is 10.0 Å². The number of carbonyl (C=O) groups is 1. The zero-order valence-electron chi connectivity index (χ0n) is 19.5. The fourth-order valence-corrected chi connectivity index (χ4v) is 4.93. The van der Waals surface area contributed by atoms with Crippen LogP contribution in [0.2, 0.25) is 0 Å². The second-order valence-electron chi connectivity index (χ2n) is 9.11. The Bertz CT molecular complexity index is 1410. The highest BCUT2D eigenvalue weighted by Gasteiger charge is 2.34. The summed E-state index contributed by atoms with van der Waals surface area (Å²) >= 11 is 0. The lowest BCUT2D eigenvalue weighted by atomic mass is 9.90. The summed E-state index contributed by atoms with van der Waals surface area (Å²) in [7, 11) is -3.56. The van der Waals surface area contributed by atoms with Gasteiger partial charge in [-0.2, -0.15) is 9.61 Å². The highest BCUT2D eigenvalue weighted by Crippen LogP contribution is 2.36. The summed E-state index contributed by atoms with van der Waals surface area (Å²) in [5.74, 6) is 0.103. The maximum atomic E-state index is 13.7. The lowest BCUT2D eigenvalue weighted by molar-refractivity contribution is 0.0552. The molecule has 2 N–H and O–H groups in total. The standard InChI is InChI=1S/C23H29N5O4S/c1-13-6-7-18(26-33(5,31)32)17(10-13)23(30)27-9-8-14(2)11-20(27)19-12-21-24-16(4)15(3)22(29)28(21)25-19/h6-7,10,12,14,20,24,26H,8-9,11H2,1-5H3/t14-,20+/m0/s1. The van der Waals surface area contributed by atoms with Crippen LogP contribution >= 0.6 is 0 Å². The number of aromatic nitrogens is 3. The van der Waals surface area contributed by atoms with Crippen LogP contribution < -0.4 is 10.3 Å². The number of benzene rings is 1. The fourth-order valence-electron chi connectivity index (χ4n) is 4.35. The summed E-state index contributed by atoms with van der Waals surface area (Å²) < 4.78 is 27.6. The highest BCUT2D eigenvalue weighted by atomic mass is 32.2. The van der Waals surface area contributed by atoms with Crippen LogP contribution in [-0.2, 0) is 10.0 Å². The van der Waals surface area contributed by atoms with Crippen molar-refractivity contribution in [3.05, 3.63) is 62.7 Å². The van der Waals surface area contributed by atoms with E-state index in [1.165, 1.54) is 4.52 Å². The first-order chi connectivity index (χ1) is 15.4. The Labute approximate surface area is 192 Å². The summed E-state index contributed by atoms with van der Waals surface area (Å²) in [6, 6.07) is 6.56. The van der Waals surface area contributed by atoms with Gasteiger partial charge >= 0.3 is 0 Å². The molecule has 0 saturated carbocycles. The number of sulfonamides is 1. The number of H-pyrrole nitrogens is 1. The number of likely N-dealkylation sites (tertiary alicyclic amines) is 1. The Balaban J connectivity index is 1.78. The first-order valence-corrected chi connectivity index (χ1v) is 12.8. The predicted molar refractivity (Wildman–Crippen MR) is 127 cm³/mol. The number of fused-ring (bicyclic) bond motifs is 1. The fraction of sp³-hybridized carbons (Fsp3) is 0.435. The molecule has 4 rings (SSSR count). The van der Waals surface area contributed by atoms with E-state index in [0.29, 0.717) is 41.4 Å². The molecular formula is C23H29N5O4S. The Morgan fingerprint density at radius 2 is 1.94 bits per heavy atom. The summed E-state index contributed by atoms with van der Waals surface area (Å²) in [4.78, 5) is 31.4. The third-order valence-corrected chi connectivity index (χ3v) is 6.88. The van der Waals surface area contributed by atoms with Gasteiger partial charge in [-0.3, -0.25) is 14.3 Å². The number of aryl methyl sites for hydroxylation is 2. The third-order valence-electron chi connectivity index (χ3n) is 6.29. The molecule has 10 heteroatoms. The van der Waals surface area contributed by atoms with E-state index in [1.807, 2.05) is 19.9 Å². The minimum absolute atomic E-state index is 0.187. The van der Waals surface area contributed by atoms with Crippen LogP contribution in [0.1, 0.15) is 58.7 Å². The zero-order chi connectivity index (χ0) is 24.1. The molecule has 9 nitrogen and oxygen atoms in total. The number of nitrogens with one attached hydrogen (secondary N) is 2. The SMILES string of the molecule is Cc1ccc(NS(C)(=O)=O)c(C(=O)N2CC[C@H](C)C[C@@H]2c2cc3[nH]c(C)c(C)c(=O)n3n2)c1. The van der Waals surface area contributed by atoms with E-state index in [1.54, 1.807) is 30.0 Å². The molecule has 0 spiro atoms. The van der Waals surface area contributed by atoms with Crippen molar-refractivity contribution in [2.45, 2.75) is 46.6 Å². The summed E-state index contributed by atoms with van der Waals surface area (Å²) in [6.45, 7) is 8.09. The molecule has 1 aliphatic rings. The van der Waals surface area contributed by atoms with Crippen molar-refractivity contribution >= 4 is 27.3 Å². The van der Waals surface area contributed by atoms with Gasteiger partial charge in [0.1, 0.15) is 5.65 Å². The molecule has 3 aromatic rings. The molecule has 2 atom stereocenters. The molecular weight excluding hydrogens is 442 g/mol.